The highest BCUT2D eigenvalue weighted by Crippen LogP contribution is 2.39. The Morgan fingerprint density at radius 3 is 2.88 bits per heavy atom. The predicted molar refractivity (Wildman–Crippen MR) is 99.6 cm³/mol. The van der Waals surface area contributed by atoms with E-state index in [1.807, 2.05) is 31.0 Å². The quantitative estimate of drug-likeness (QED) is 0.845. The molecule has 2 atom stereocenters. The summed E-state index contributed by atoms with van der Waals surface area (Å²) in [5, 5.41) is 4.53. The minimum Gasteiger partial charge on any atom is -0.445 e. The van der Waals surface area contributed by atoms with Crippen molar-refractivity contribution in [1.29, 1.82) is 0 Å². The van der Waals surface area contributed by atoms with E-state index in [4.69, 9.17) is 4.42 Å². The van der Waals surface area contributed by atoms with Gasteiger partial charge in [-0.05, 0) is 57.6 Å². The Labute approximate surface area is 148 Å². The minimum absolute atomic E-state index is 0.167. The second kappa shape index (κ2) is 6.72. The number of fused-ring (bicyclic) bond motifs is 1. The summed E-state index contributed by atoms with van der Waals surface area (Å²) in [4.78, 5) is 2.04. The molecule has 2 aromatic rings. The van der Waals surface area contributed by atoms with Gasteiger partial charge in [-0.15, -0.1) is 0 Å². The number of alkyl halides is 1. The maximum Gasteiger partial charge on any atom is 0.181 e. The van der Waals surface area contributed by atoms with Crippen molar-refractivity contribution in [2.45, 2.75) is 44.8 Å². The second-order valence-electron chi connectivity index (χ2n) is 7.43. The lowest BCUT2D eigenvalue weighted by Crippen LogP contribution is -2.46. The van der Waals surface area contributed by atoms with Crippen LogP contribution >= 0.6 is 0 Å². The third-order valence-corrected chi connectivity index (χ3v) is 5.33. The van der Waals surface area contributed by atoms with Gasteiger partial charge in [0.15, 0.2) is 11.3 Å². The van der Waals surface area contributed by atoms with Crippen LogP contribution in [-0.4, -0.2) is 37.3 Å². The van der Waals surface area contributed by atoms with Crippen LogP contribution in [0.15, 0.2) is 22.6 Å². The molecule has 2 aliphatic rings. The molecule has 1 N–H and O–H groups in total. The number of piperidine rings is 1. The predicted octanol–water partition coefficient (Wildman–Crippen LogP) is 4.21. The molecule has 1 saturated carbocycles. The van der Waals surface area contributed by atoms with Gasteiger partial charge in [0.05, 0.1) is 11.7 Å². The molecule has 1 saturated heterocycles. The molecule has 0 bridgehead atoms. The summed E-state index contributed by atoms with van der Waals surface area (Å²) >= 11 is 0. The average Bonchev–Trinajstić information content (AvgIpc) is 3.34. The number of hydrogen-bond donors (Lipinski definition) is 1. The molecular formula is C21H25FN2O. The summed E-state index contributed by atoms with van der Waals surface area (Å²) < 4.78 is 20.5. The van der Waals surface area contributed by atoms with Crippen LogP contribution in [0.3, 0.4) is 0 Å². The molecule has 4 heteroatoms. The van der Waals surface area contributed by atoms with Crippen molar-refractivity contribution < 1.29 is 8.81 Å². The van der Waals surface area contributed by atoms with E-state index >= 15 is 0 Å². The molecule has 132 valence electrons. The Bertz CT molecular complexity index is 828. The fraction of sp³-hybridized carbons (Fsp3) is 0.524. The third-order valence-electron chi connectivity index (χ3n) is 5.33. The maximum absolute atomic E-state index is 14.4. The number of anilines is 1. The van der Waals surface area contributed by atoms with Crippen molar-refractivity contribution in [1.82, 2.24) is 4.90 Å². The largest absolute Gasteiger partial charge is 0.445 e. The number of nitrogens with zero attached hydrogens (tertiary/aromatic N) is 1. The van der Waals surface area contributed by atoms with Gasteiger partial charge >= 0.3 is 0 Å². The topological polar surface area (TPSA) is 28.4 Å². The van der Waals surface area contributed by atoms with Crippen LogP contribution in [0.25, 0.3) is 11.0 Å². The van der Waals surface area contributed by atoms with Crippen LogP contribution in [0.2, 0.25) is 0 Å². The van der Waals surface area contributed by atoms with Crippen molar-refractivity contribution in [3.05, 3.63) is 29.5 Å². The molecule has 2 heterocycles. The lowest BCUT2D eigenvalue weighted by molar-refractivity contribution is 0.149. The lowest BCUT2D eigenvalue weighted by Gasteiger charge is -2.33. The molecule has 2 fully saturated rings. The van der Waals surface area contributed by atoms with Crippen molar-refractivity contribution in [2.24, 2.45) is 5.92 Å². The molecule has 1 aromatic carbocycles. The first-order chi connectivity index (χ1) is 12.2. The van der Waals surface area contributed by atoms with Gasteiger partial charge in [-0.25, -0.2) is 4.39 Å². The number of halogens is 1. The molecular weight excluding hydrogens is 315 g/mol. The monoisotopic (exact) mass is 340 g/mol. The first-order valence-electron chi connectivity index (χ1n) is 9.22. The summed E-state index contributed by atoms with van der Waals surface area (Å²) in [7, 11) is 1.97. The van der Waals surface area contributed by atoms with Crippen molar-refractivity contribution in [3.63, 3.8) is 0 Å². The molecule has 3 nitrogen and oxygen atoms in total. The molecule has 0 amide bonds. The molecule has 25 heavy (non-hydrogen) atoms. The smallest absolute Gasteiger partial charge is 0.181 e. The average molecular weight is 340 g/mol. The number of likely N-dealkylation sites (tertiary alicyclic amines) is 1. The van der Waals surface area contributed by atoms with Crippen molar-refractivity contribution in [2.75, 3.05) is 25.5 Å². The number of benzene rings is 1. The van der Waals surface area contributed by atoms with E-state index in [2.05, 4.69) is 23.2 Å². The molecule has 1 aromatic heterocycles. The molecule has 1 aliphatic carbocycles. The van der Waals surface area contributed by atoms with E-state index in [-0.39, 0.29) is 6.04 Å². The van der Waals surface area contributed by atoms with E-state index in [9.17, 15) is 4.39 Å². The zero-order valence-corrected chi connectivity index (χ0v) is 14.9. The molecule has 0 unspecified atom stereocenters. The van der Waals surface area contributed by atoms with Gasteiger partial charge in [-0.3, -0.25) is 0 Å². The summed E-state index contributed by atoms with van der Waals surface area (Å²) in [6, 6.07) is 5.95. The summed E-state index contributed by atoms with van der Waals surface area (Å²) in [5.41, 5.74) is 2.92. The summed E-state index contributed by atoms with van der Waals surface area (Å²) in [6.45, 7) is 3.22. The standard InChI is InChI=1S/C21H25FN2O/c1-3-5-20-16(12-14-8-9-14)15-6-4-7-19(21(15)25-20)23-18-10-11-24(2)13-17(18)22/h4,6-7,14,17-18,23H,8-13H2,1-2H3/t17-,18+/m1/s1. The molecule has 4 rings (SSSR count). The Morgan fingerprint density at radius 2 is 2.16 bits per heavy atom. The summed E-state index contributed by atoms with van der Waals surface area (Å²) in [5.74, 6) is 7.62. The summed E-state index contributed by atoms with van der Waals surface area (Å²) in [6.07, 6.45) is 3.54. The maximum atomic E-state index is 14.4. The molecule has 0 radical (unpaired) electrons. The van der Waals surface area contributed by atoms with E-state index in [0.717, 1.165) is 47.7 Å². The van der Waals surface area contributed by atoms with Gasteiger partial charge in [0.2, 0.25) is 0 Å². The first kappa shape index (κ1) is 16.5. The normalized spacial score (nSPS) is 24.1. The Morgan fingerprint density at radius 1 is 1.32 bits per heavy atom. The van der Waals surface area contributed by atoms with Gasteiger partial charge in [-0.2, -0.15) is 0 Å². The zero-order valence-electron chi connectivity index (χ0n) is 14.9. The van der Waals surface area contributed by atoms with Crippen LogP contribution in [0.1, 0.15) is 37.5 Å². The minimum atomic E-state index is -0.871. The van der Waals surface area contributed by atoms with Gasteiger partial charge in [0.1, 0.15) is 6.17 Å². The van der Waals surface area contributed by atoms with Gasteiger partial charge < -0.3 is 14.6 Å². The van der Waals surface area contributed by atoms with Gasteiger partial charge in [0.25, 0.3) is 0 Å². The van der Waals surface area contributed by atoms with E-state index < -0.39 is 6.17 Å². The van der Waals surface area contributed by atoms with Crippen LogP contribution in [0.5, 0.6) is 0 Å². The highest BCUT2D eigenvalue weighted by molar-refractivity contribution is 5.93. The number of nitrogens with one attached hydrogen (secondary N) is 1. The molecule has 1 aliphatic heterocycles. The van der Waals surface area contributed by atoms with E-state index in [1.54, 1.807) is 0 Å². The lowest BCUT2D eigenvalue weighted by atomic mass is 10.0. The number of furan rings is 1. The Kier molecular flexibility index (Phi) is 4.43. The van der Waals surface area contributed by atoms with Crippen LogP contribution in [0.4, 0.5) is 10.1 Å². The highest BCUT2D eigenvalue weighted by Gasteiger charge is 2.29. The number of hydrogen-bond acceptors (Lipinski definition) is 3. The van der Waals surface area contributed by atoms with E-state index in [1.165, 1.54) is 18.4 Å². The van der Waals surface area contributed by atoms with Crippen LogP contribution < -0.4 is 5.32 Å². The van der Waals surface area contributed by atoms with E-state index in [0.29, 0.717) is 6.54 Å². The van der Waals surface area contributed by atoms with Gasteiger partial charge in [0, 0.05) is 24.0 Å². The fourth-order valence-electron chi connectivity index (χ4n) is 3.73. The third kappa shape index (κ3) is 3.39. The Balaban J connectivity index is 1.68. The number of para-hydroxylation sites is 1. The van der Waals surface area contributed by atoms with Crippen LogP contribution in [0, 0.1) is 17.8 Å². The SMILES string of the molecule is CC#Cc1oc2c(N[C@H]3CCN(C)C[C@H]3F)cccc2c1CC1CC1. The van der Waals surface area contributed by atoms with Crippen LogP contribution in [-0.2, 0) is 6.42 Å². The van der Waals surface area contributed by atoms with Gasteiger partial charge in [-0.1, -0.05) is 18.1 Å². The zero-order chi connectivity index (χ0) is 17.4. The number of rotatable bonds is 4. The molecule has 0 spiro atoms. The fourth-order valence-corrected chi connectivity index (χ4v) is 3.73. The van der Waals surface area contributed by atoms with Crippen molar-refractivity contribution >= 4 is 16.7 Å². The second-order valence-corrected chi connectivity index (χ2v) is 7.43. The first-order valence-corrected chi connectivity index (χ1v) is 9.22. The Hall–Kier alpha value is -1.99. The van der Waals surface area contributed by atoms with Crippen molar-refractivity contribution in [3.8, 4) is 11.8 Å². The highest BCUT2D eigenvalue weighted by atomic mass is 19.1.